The Bertz CT molecular complexity index is 1280. The van der Waals surface area contributed by atoms with Gasteiger partial charge in [-0.3, -0.25) is 0 Å². The number of methoxy groups -OCH3 is 4. The molecule has 158 valence electrons. The van der Waals surface area contributed by atoms with E-state index in [1.165, 1.54) is 0 Å². The second kappa shape index (κ2) is 8.83. The van der Waals surface area contributed by atoms with Gasteiger partial charge in [0.05, 0.1) is 33.8 Å². The van der Waals surface area contributed by atoms with Gasteiger partial charge in [-0.1, -0.05) is 0 Å². The molecule has 0 radical (unpaired) electrons. The zero-order chi connectivity index (χ0) is 21.8. The van der Waals surface area contributed by atoms with Gasteiger partial charge in [0.15, 0.2) is 0 Å². The first kappa shape index (κ1) is 20.3. The molecule has 6 nitrogen and oxygen atoms in total. The van der Waals surface area contributed by atoms with Crippen molar-refractivity contribution in [2.24, 2.45) is 4.99 Å². The Morgan fingerprint density at radius 1 is 0.645 bits per heavy atom. The molecule has 4 aromatic rings. The van der Waals surface area contributed by atoms with Crippen LogP contribution in [0.15, 0.2) is 76.1 Å². The van der Waals surface area contributed by atoms with Crippen molar-refractivity contribution < 1.29 is 23.4 Å². The summed E-state index contributed by atoms with van der Waals surface area (Å²) >= 11 is 0. The zero-order valence-electron chi connectivity index (χ0n) is 17.8. The summed E-state index contributed by atoms with van der Waals surface area (Å²) in [6, 6.07) is 20.8. The van der Waals surface area contributed by atoms with Crippen LogP contribution in [0.25, 0.3) is 22.3 Å². The third kappa shape index (κ3) is 4.19. The maximum atomic E-state index is 6.18. The van der Waals surface area contributed by atoms with E-state index in [4.69, 9.17) is 28.4 Å². The summed E-state index contributed by atoms with van der Waals surface area (Å²) in [4.78, 5) is 4.89. The molecule has 0 aliphatic heterocycles. The molecule has 0 amide bonds. The highest BCUT2D eigenvalue weighted by atomic mass is 16.5. The van der Waals surface area contributed by atoms with Crippen molar-refractivity contribution in [3.63, 3.8) is 0 Å². The summed E-state index contributed by atoms with van der Waals surface area (Å²) in [7, 11) is 6.50. The predicted octanol–water partition coefficient (Wildman–Crippen LogP) is 5.37. The first-order valence-corrected chi connectivity index (χ1v) is 9.68. The highest BCUT2D eigenvalue weighted by Gasteiger charge is 2.10. The Morgan fingerprint density at radius 2 is 1.29 bits per heavy atom. The van der Waals surface area contributed by atoms with Gasteiger partial charge in [0.1, 0.15) is 40.0 Å². The summed E-state index contributed by atoms with van der Waals surface area (Å²) in [5.41, 5.74) is 2.29. The molecule has 0 bridgehead atoms. The van der Waals surface area contributed by atoms with Crippen molar-refractivity contribution in [1.29, 1.82) is 0 Å². The minimum atomic E-state index is 0.613. The van der Waals surface area contributed by atoms with E-state index < -0.39 is 0 Å². The van der Waals surface area contributed by atoms with Crippen molar-refractivity contribution in [1.82, 2.24) is 0 Å². The van der Waals surface area contributed by atoms with E-state index in [2.05, 4.69) is 0 Å². The summed E-state index contributed by atoms with van der Waals surface area (Å²) in [6.45, 7) is 0. The number of nitrogens with zero attached hydrogens (tertiary/aromatic N) is 1. The minimum Gasteiger partial charge on any atom is -0.497 e. The standard InChI is InChI=1S/C25H23NO5/c1-27-17-7-5-16(6-8-17)24-15-22(20-13-18(28-2)10-12-23(20)31-24)26-21-11-9-19(29-3)14-25(21)30-4/h5-15H,1-4H3. The van der Waals surface area contributed by atoms with Crippen molar-refractivity contribution in [2.75, 3.05) is 28.4 Å². The molecule has 0 atom stereocenters. The SMILES string of the molecule is COc1ccc(-c2cc(=Nc3ccc(OC)cc3OC)c3cc(OC)ccc3o2)cc1. The fourth-order valence-electron chi connectivity index (χ4n) is 3.27. The van der Waals surface area contributed by atoms with Crippen LogP contribution in [-0.2, 0) is 0 Å². The fraction of sp³-hybridized carbons (Fsp3) is 0.160. The average molecular weight is 417 g/mol. The van der Waals surface area contributed by atoms with E-state index in [0.29, 0.717) is 28.5 Å². The van der Waals surface area contributed by atoms with E-state index >= 15 is 0 Å². The van der Waals surface area contributed by atoms with Crippen molar-refractivity contribution in [2.45, 2.75) is 0 Å². The number of benzene rings is 3. The summed E-state index contributed by atoms with van der Waals surface area (Å²) in [5, 5.41) is 1.56. The van der Waals surface area contributed by atoms with Gasteiger partial charge in [-0.05, 0) is 54.6 Å². The molecule has 31 heavy (non-hydrogen) atoms. The van der Waals surface area contributed by atoms with Crippen LogP contribution in [0.2, 0.25) is 0 Å². The van der Waals surface area contributed by atoms with Crippen molar-refractivity contribution in [3.05, 3.63) is 72.1 Å². The van der Waals surface area contributed by atoms with Crippen molar-refractivity contribution >= 4 is 16.7 Å². The van der Waals surface area contributed by atoms with Crippen LogP contribution in [0.3, 0.4) is 0 Å². The van der Waals surface area contributed by atoms with Crippen LogP contribution in [0, 0.1) is 0 Å². The molecule has 0 aliphatic carbocycles. The molecular formula is C25H23NO5. The summed E-state index contributed by atoms with van der Waals surface area (Å²) < 4.78 is 27.7. The van der Waals surface area contributed by atoms with Gasteiger partial charge >= 0.3 is 0 Å². The second-order valence-corrected chi connectivity index (χ2v) is 6.74. The molecule has 0 spiro atoms. The van der Waals surface area contributed by atoms with E-state index in [9.17, 15) is 0 Å². The molecule has 0 saturated carbocycles. The lowest BCUT2D eigenvalue weighted by atomic mass is 10.1. The zero-order valence-corrected chi connectivity index (χ0v) is 17.8. The Labute approximate surface area is 180 Å². The number of ether oxygens (including phenoxy) is 4. The van der Waals surface area contributed by atoms with E-state index in [-0.39, 0.29) is 0 Å². The lowest BCUT2D eigenvalue weighted by molar-refractivity contribution is 0.395. The molecule has 4 rings (SSSR count). The Hall–Kier alpha value is -3.93. The van der Waals surface area contributed by atoms with Crippen LogP contribution in [0.4, 0.5) is 5.69 Å². The predicted molar refractivity (Wildman–Crippen MR) is 120 cm³/mol. The molecule has 6 heteroatoms. The van der Waals surface area contributed by atoms with Gasteiger partial charge in [-0.25, -0.2) is 4.99 Å². The van der Waals surface area contributed by atoms with E-state index in [0.717, 1.165) is 27.8 Å². The minimum absolute atomic E-state index is 0.613. The lowest BCUT2D eigenvalue weighted by Gasteiger charge is -2.09. The Morgan fingerprint density at radius 3 is 1.97 bits per heavy atom. The van der Waals surface area contributed by atoms with E-state index in [1.54, 1.807) is 34.5 Å². The highest BCUT2D eigenvalue weighted by molar-refractivity contribution is 5.80. The largest absolute Gasteiger partial charge is 0.497 e. The third-order valence-electron chi connectivity index (χ3n) is 4.95. The maximum Gasteiger partial charge on any atom is 0.148 e. The highest BCUT2D eigenvalue weighted by Crippen LogP contribution is 2.32. The van der Waals surface area contributed by atoms with Crippen LogP contribution in [0.5, 0.6) is 23.0 Å². The Balaban J connectivity index is 1.96. The molecule has 1 aromatic heterocycles. The first-order chi connectivity index (χ1) is 15.1. The number of fused-ring (bicyclic) bond motifs is 1. The van der Waals surface area contributed by atoms with Gasteiger partial charge in [0.25, 0.3) is 0 Å². The molecule has 0 fully saturated rings. The van der Waals surface area contributed by atoms with Gasteiger partial charge in [0.2, 0.25) is 0 Å². The van der Waals surface area contributed by atoms with Crippen LogP contribution >= 0.6 is 0 Å². The monoisotopic (exact) mass is 417 g/mol. The number of rotatable bonds is 6. The third-order valence-corrected chi connectivity index (χ3v) is 4.95. The van der Waals surface area contributed by atoms with Gasteiger partial charge < -0.3 is 23.4 Å². The topological polar surface area (TPSA) is 62.4 Å². The molecule has 0 aliphatic rings. The van der Waals surface area contributed by atoms with Gasteiger partial charge in [0, 0.05) is 23.1 Å². The molecular weight excluding hydrogens is 394 g/mol. The van der Waals surface area contributed by atoms with Gasteiger partial charge in [-0.2, -0.15) is 0 Å². The molecule has 0 N–H and O–H groups in total. The smallest absolute Gasteiger partial charge is 0.148 e. The van der Waals surface area contributed by atoms with E-state index in [1.807, 2.05) is 60.7 Å². The van der Waals surface area contributed by atoms with Crippen LogP contribution in [0.1, 0.15) is 0 Å². The molecule has 1 heterocycles. The van der Waals surface area contributed by atoms with Crippen LogP contribution < -0.4 is 24.3 Å². The quantitative estimate of drug-likeness (QED) is 0.422. The van der Waals surface area contributed by atoms with Gasteiger partial charge in [-0.15, -0.1) is 0 Å². The fourth-order valence-corrected chi connectivity index (χ4v) is 3.27. The van der Waals surface area contributed by atoms with Crippen LogP contribution in [-0.4, -0.2) is 28.4 Å². The first-order valence-electron chi connectivity index (χ1n) is 9.68. The second-order valence-electron chi connectivity index (χ2n) is 6.74. The van der Waals surface area contributed by atoms with Crippen molar-refractivity contribution in [3.8, 4) is 34.3 Å². The summed E-state index contributed by atoms with van der Waals surface area (Å²) in [5.74, 6) is 3.50. The lowest BCUT2D eigenvalue weighted by Crippen LogP contribution is -2.04. The number of hydrogen-bond acceptors (Lipinski definition) is 6. The molecule has 0 unspecified atom stereocenters. The molecule has 3 aromatic carbocycles. The normalized spacial score (nSPS) is 11.4. The average Bonchev–Trinajstić information content (AvgIpc) is 2.83. The maximum absolute atomic E-state index is 6.18. The summed E-state index contributed by atoms with van der Waals surface area (Å²) in [6.07, 6.45) is 0. The number of hydrogen-bond donors (Lipinski definition) is 0. The molecule has 0 saturated heterocycles. The Kier molecular flexibility index (Phi) is 5.80.